The van der Waals surface area contributed by atoms with Gasteiger partial charge in [-0.1, -0.05) is 60.7 Å². The molecule has 9 nitrogen and oxygen atoms in total. The van der Waals surface area contributed by atoms with Gasteiger partial charge in [-0.15, -0.1) is 0 Å². The zero-order valence-corrected chi connectivity index (χ0v) is 17.8. The molecule has 9 heteroatoms. The van der Waals surface area contributed by atoms with Crippen LogP contribution in [0.15, 0.2) is 60.7 Å². The number of amides is 3. The van der Waals surface area contributed by atoms with E-state index in [1.165, 1.54) is 0 Å². The van der Waals surface area contributed by atoms with Crippen molar-refractivity contribution < 1.29 is 28.7 Å². The lowest BCUT2D eigenvalue weighted by Crippen LogP contribution is -2.50. The first-order valence-corrected chi connectivity index (χ1v) is 10.2. The van der Waals surface area contributed by atoms with Crippen LogP contribution in [0.5, 0.6) is 0 Å². The Kier molecular flexibility index (Phi) is 10.2. The van der Waals surface area contributed by atoms with Gasteiger partial charge in [0.1, 0.15) is 19.2 Å². The van der Waals surface area contributed by atoms with E-state index in [2.05, 4.69) is 16.0 Å². The van der Waals surface area contributed by atoms with Gasteiger partial charge in [0, 0.05) is 6.42 Å². The van der Waals surface area contributed by atoms with E-state index in [4.69, 9.17) is 9.47 Å². The largest absolute Gasteiger partial charge is 0.465 e. The van der Waals surface area contributed by atoms with Crippen LogP contribution in [-0.4, -0.2) is 49.6 Å². The minimum Gasteiger partial charge on any atom is -0.465 e. The molecule has 0 aliphatic carbocycles. The molecule has 0 aliphatic rings. The van der Waals surface area contributed by atoms with Crippen LogP contribution in [0.4, 0.5) is 4.79 Å². The summed E-state index contributed by atoms with van der Waals surface area (Å²) in [7, 11) is 0. The van der Waals surface area contributed by atoms with Crippen LogP contribution in [0.2, 0.25) is 0 Å². The normalized spacial score (nSPS) is 11.0. The maximum atomic E-state index is 12.6. The molecular weight excluding hydrogens is 414 g/mol. The van der Waals surface area contributed by atoms with Crippen molar-refractivity contribution in [2.75, 3.05) is 19.7 Å². The molecule has 0 heterocycles. The minimum absolute atomic E-state index is 0.0581. The van der Waals surface area contributed by atoms with Gasteiger partial charge in [-0.3, -0.25) is 14.4 Å². The molecule has 32 heavy (non-hydrogen) atoms. The summed E-state index contributed by atoms with van der Waals surface area (Å²) in [5, 5.41) is 7.36. The Bertz CT molecular complexity index is 889. The van der Waals surface area contributed by atoms with Crippen molar-refractivity contribution in [1.82, 2.24) is 16.0 Å². The third-order valence-corrected chi connectivity index (χ3v) is 4.26. The monoisotopic (exact) mass is 441 g/mol. The lowest BCUT2D eigenvalue weighted by molar-refractivity contribution is -0.143. The summed E-state index contributed by atoms with van der Waals surface area (Å²) in [5.41, 5.74) is 1.63. The van der Waals surface area contributed by atoms with Crippen LogP contribution in [0.25, 0.3) is 0 Å². The first kappa shape index (κ1) is 24.4. The van der Waals surface area contributed by atoms with Crippen LogP contribution in [-0.2, 0) is 36.9 Å². The van der Waals surface area contributed by atoms with Crippen LogP contribution in [0, 0.1) is 0 Å². The zero-order chi connectivity index (χ0) is 23.2. The van der Waals surface area contributed by atoms with E-state index >= 15 is 0 Å². The molecule has 0 saturated heterocycles. The number of benzene rings is 2. The predicted molar refractivity (Wildman–Crippen MR) is 116 cm³/mol. The summed E-state index contributed by atoms with van der Waals surface area (Å²) in [4.78, 5) is 48.1. The van der Waals surface area contributed by atoms with Crippen molar-refractivity contribution in [3.8, 4) is 0 Å². The summed E-state index contributed by atoms with van der Waals surface area (Å²) in [6, 6.07) is 17.3. The van der Waals surface area contributed by atoms with Gasteiger partial charge in [-0.05, 0) is 18.1 Å². The maximum Gasteiger partial charge on any atom is 0.408 e. The lowest BCUT2D eigenvalue weighted by Gasteiger charge is -2.18. The molecule has 0 bridgehead atoms. The highest BCUT2D eigenvalue weighted by atomic mass is 16.5. The minimum atomic E-state index is -0.960. The topological polar surface area (TPSA) is 123 Å². The van der Waals surface area contributed by atoms with E-state index in [1.807, 2.05) is 60.7 Å². The fourth-order valence-corrected chi connectivity index (χ4v) is 2.70. The zero-order valence-electron chi connectivity index (χ0n) is 17.8. The Labute approximate surface area is 186 Å². The van der Waals surface area contributed by atoms with Crippen molar-refractivity contribution >= 4 is 23.9 Å². The molecule has 3 amide bonds. The highest BCUT2D eigenvalue weighted by Crippen LogP contribution is 2.05. The third kappa shape index (κ3) is 9.29. The van der Waals surface area contributed by atoms with Gasteiger partial charge in [-0.2, -0.15) is 0 Å². The molecule has 1 atom stereocenters. The highest BCUT2D eigenvalue weighted by Gasteiger charge is 2.22. The molecule has 0 radical (unpaired) electrons. The van der Waals surface area contributed by atoms with Crippen molar-refractivity contribution in [2.45, 2.75) is 26.0 Å². The number of hydrogen-bond donors (Lipinski definition) is 3. The van der Waals surface area contributed by atoms with Gasteiger partial charge in [0.05, 0.1) is 13.2 Å². The Morgan fingerprint density at radius 2 is 1.44 bits per heavy atom. The molecule has 0 aliphatic heterocycles. The Morgan fingerprint density at radius 3 is 2.06 bits per heavy atom. The second-order valence-electron chi connectivity index (χ2n) is 6.75. The fraction of sp³-hybridized carbons (Fsp3) is 0.304. The van der Waals surface area contributed by atoms with Gasteiger partial charge in [0.15, 0.2) is 0 Å². The van der Waals surface area contributed by atoms with Crippen LogP contribution in [0.3, 0.4) is 0 Å². The van der Waals surface area contributed by atoms with E-state index in [-0.39, 0.29) is 32.7 Å². The SMILES string of the molecule is CCOC(=O)CNC(=O)CNC(=O)[C@H](Cc1ccccc1)NC(=O)OCc1ccccc1. The van der Waals surface area contributed by atoms with Gasteiger partial charge in [-0.25, -0.2) is 4.79 Å². The molecule has 0 saturated carbocycles. The highest BCUT2D eigenvalue weighted by molar-refractivity contribution is 5.90. The molecule has 170 valence electrons. The number of nitrogens with one attached hydrogen (secondary N) is 3. The number of ether oxygens (including phenoxy) is 2. The average molecular weight is 441 g/mol. The second kappa shape index (κ2) is 13.4. The molecule has 2 rings (SSSR count). The molecular formula is C23H27N3O6. The quantitative estimate of drug-likeness (QED) is 0.452. The molecule has 0 spiro atoms. The van der Waals surface area contributed by atoms with Gasteiger partial charge < -0.3 is 25.4 Å². The molecule has 3 N–H and O–H groups in total. The number of carbonyl (C=O) groups is 4. The fourth-order valence-electron chi connectivity index (χ4n) is 2.70. The Morgan fingerprint density at radius 1 is 0.812 bits per heavy atom. The first-order valence-electron chi connectivity index (χ1n) is 10.2. The van der Waals surface area contributed by atoms with E-state index in [0.717, 1.165) is 11.1 Å². The van der Waals surface area contributed by atoms with Gasteiger partial charge >= 0.3 is 12.1 Å². The van der Waals surface area contributed by atoms with Crippen molar-refractivity contribution in [1.29, 1.82) is 0 Å². The predicted octanol–water partition coefficient (Wildman–Crippen LogP) is 1.32. The average Bonchev–Trinajstić information content (AvgIpc) is 2.81. The Hall–Kier alpha value is -3.88. The van der Waals surface area contributed by atoms with Gasteiger partial charge in [0.25, 0.3) is 0 Å². The third-order valence-electron chi connectivity index (χ3n) is 4.26. The van der Waals surface area contributed by atoms with Crippen molar-refractivity contribution in [2.24, 2.45) is 0 Å². The number of alkyl carbamates (subject to hydrolysis) is 1. The first-order chi connectivity index (χ1) is 15.5. The maximum absolute atomic E-state index is 12.6. The van der Waals surface area contributed by atoms with Crippen LogP contribution < -0.4 is 16.0 Å². The summed E-state index contributed by atoms with van der Waals surface area (Å²) in [6.07, 6.45) is -0.547. The van der Waals surface area contributed by atoms with Crippen molar-refractivity contribution in [3.05, 3.63) is 71.8 Å². The number of carbonyl (C=O) groups excluding carboxylic acids is 4. The molecule has 0 unspecified atom stereocenters. The molecule has 2 aromatic rings. The summed E-state index contributed by atoms with van der Waals surface area (Å²) in [6.45, 7) is 1.27. The van der Waals surface area contributed by atoms with E-state index in [0.29, 0.717) is 0 Å². The summed E-state index contributed by atoms with van der Waals surface area (Å²) >= 11 is 0. The standard InChI is InChI=1S/C23H27N3O6/c1-2-31-21(28)15-24-20(27)14-25-22(29)19(13-17-9-5-3-6-10-17)26-23(30)32-16-18-11-7-4-8-12-18/h3-12,19H,2,13-16H2,1H3,(H,24,27)(H,25,29)(H,26,30)/t19-/m0/s1. The smallest absolute Gasteiger partial charge is 0.408 e. The number of esters is 1. The number of rotatable bonds is 11. The number of hydrogen-bond acceptors (Lipinski definition) is 6. The van der Waals surface area contributed by atoms with Crippen LogP contribution in [0.1, 0.15) is 18.1 Å². The summed E-state index contributed by atoms with van der Waals surface area (Å²) in [5.74, 6) is -1.69. The molecule has 2 aromatic carbocycles. The van der Waals surface area contributed by atoms with E-state index < -0.39 is 29.9 Å². The van der Waals surface area contributed by atoms with Gasteiger partial charge in [0.2, 0.25) is 11.8 Å². The van der Waals surface area contributed by atoms with E-state index in [1.54, 1.807) is 6.92 Å². The summed E-state index contributed by atoms with van der Waals surface area (Å²) < 4.78 is 9.92. The van der Waals surface area contributed by atoms with Crippen LogP contribution >= 0.6 is 0 Å². The molecule has 0 aromatic heterocycles. The Balaban J connectivity index is 1.90. The second-order valence-corrected chi connectivity index (χ2v) is 6.75. The van der Waals surface area contributed by atoms with Crippen molar-refractivity contribution in [3.63, 3.8) is 0 Å². The van der Waals surface area contributed by atoms with E-state index in [9.17, 15) is 19.2 Å². The lowest BCUT2D eigenvalue weighted by atomic mass is 10.1. The molecule has 0 fully saturated rings.